The Morgan fingerprint density at radius 1 is 0.556 bits per heavy atom. The van der Waals surface area contributed by atoms with Gasteiger partial charge in [-0.1, -0.05) is 84.9 Å². The Bertz CT molecular complexity index is 1190. The molecule has 0 aliphatic carbocycles. The van der Waals surface area contributed by atoms with Gasteiger partial charge in [0.1, 0.15) is 0 Å². The van der Waals surface area contributed by atoms with Gasteiger partial charge in [0, 0.05) is 16.5 Å². The summed E-state index contributed by atoms with van der Waals surface area (Å²) in [7, 11) is 0. The predicted octanol–water partition coefficient (Wildman–Crippen LogP) is 7.30. The third-order valence-electron chi connectivity index (χ3n) is 4.77. The molecule has 2 aromatic heterocycles. The number of benzene rings is 3. The van der Waals surface area contributed by atoms with Crippen molar-refractivity contribution in [3.8, 4) is 32.8 Å². The van der Waals surface area contributed by atoms with Gasteiger partial charge in [-0.2, -0.15) is 0 Å². The van der Waals surface area contributed by atoms with E-state index < -0.39 is 0 Å². The Balaban J connectivity index is 1.98. The van der Waals surface area contributed by atoms with Crippen LogP contribution < -0.4 is 0 Å². The molecule has 27 heavy (non-hydrogen) atoms. The zero-order chi connectivity index (χ0) is 18.1. The van der Waals surface area contributed by atoms with Crippen molar-refractivity contribution in [1.82, 2.24) is 4.98 Å². The number of pyridine rings is 1. The highest BCUT2D eigenvalue weighted by Gasteiger charge is 2.19. The zero-order valence-electron chi connectivity index (χ0n) is 14.7. The maximum absolute atomic E-state index is 5.09. The SMILES string of the molecule is c1ccc(-c2c(-c3cccs3)nc3ccccc3c2-c2ccccc2)cc1. The molecule has 2 heterocycles. The highest BCUT2D eigenvalue weighted by Crippen LogP contribution is 2.43. The van der Waals surface area contributed by atoms with Crippen LogP contribution in [0, 0.1) is 0 Å². The Labute approximate surface area is 162 Å². The Morgan fingerprint density at radius 2 is 1.19 bits per heavy atom. The number of para-hydroxylation sites is 1. The largest absolute Gasteiger partial charge is 0.246 e. The second-order valence-corrected chi connectivity index (χ2v) is 7.38. The topological polar surface area (TPSA) is 12.9 Å². The van der Waals surface area contributed by atoms with Crippen LogP contribution in [0.15, 0.2) is 102 Å². The number of hydrogen-bond acceptors (Lipinski definition) is 2. The van der Waals surface area contributed by atoms with Crippen LogP contribution in [0.4, 0.5) is 0 Å². The van der Waals surface area contributed by atoms with Gasteiger partial charge in [0.25, 0.3) is 0 Å². The number of fused-ring (bicyclic) bond motifs is 1. The Hall–Kier alpha value is -3.23. The van der Waals surface area contributed by atoms with Crippen LogP contribution in [0.25, 0.3) is 43.7 Å². The molecule has 0 amide bonds. The van der Waals surface area contributed by atoms with E-state index in [-0.39, 0.29) is 0 Å². The third-order valence-corrected chi connectivity index (χ3v) is 5.65. The zero-order valence-corrected chi connectivity index (χ0v) is 15.5. The van der Waals surface area contributed by atoms with E-state index in [1.165, 1.54) is 32.5 Å². The number of rotatable bonds is 3. The summed E-state index contributed by atoms with van der Waals surface area (Å²) in [4.78, 5) is 6.28. The summed E-state index contributed by atoms with van der Waals surface area (Å²) in [6.07, 6.45) is 0. The second-order valence-electron chi connectivity index (χ2n) is 6.44. The molecule has 0 saturated heterocycles. The first-order valence-electron chi connectivity index (χ1n) is 8.99. The molecule has 0 atom stereocenters. The lowest BCUT2D eigenvalue weighted by Crippen LogP contribution is -1.95. The normalized spacial score (nSPS) is 11.0. The van der Waals surface area contributed by atoms with Gasteiger partial charge in [0.2, 0.25) is 0 Å². The summed E-state index contributed by atoms with van der Waals surface area (Å²) in [6.45, 7) is 0. The standard InChI is InChI=1S/C25H17NS/c1-3-10-18(11-4-1)23-20-14-7-8-15-21(20)26-25(22-16-9-17-27-22)24(23)19-12-5-2-6-13-19/h1-17H. The molecule has 0 saturated carbocycles. The van der Waals surface area contributed by atoms with Crippen molar-refractivity contribution in [2.24, 2.45) is 0 Å². The summed E-state index contributed by atoms with van der Waals surface area (Å²) in [6, 6.07) is 33.9. The van der Waals surface area contributed by atoms with E-state index in [1.54, 1.807) is 11.3 Å². The fraction of sp³-hybridized carbons (Fsp3) is 0. The highest BCUT2D eigenvalue weighted by molar-refractivity contribution is 7.13. The minimum Gasteiger partial charge on any atom is -0.246 e. The average molecular weight is 363 g/mol. The smallest absolute Gasteiger partial charge is 0.0893 e. The van der Waals surface area contributed by atoms with E-state index in [4.69, 9.17) is 4.98 Å². The van der Waals surface area contributed by atoms with Gasteiger partial charge in [-0.05, 0) is 28.6 Å². The van der Waals surface area contributed by atoms with Gasteiger partial charge >= 0.3 is 0 Å². The molecule has 0 aliphatic heterocycles. The van der Waals surface area contributed by atoms with Crippen molar-refractivity contribution < 1.29 is 0 Å². The molecule has 128 valence electrons. The lowest BCUT2D eigenvalue weighted by Gasteiger charge is -2.17. The van der Waals surface area contributed by atoms with E-state index >= 15 is 0 Å². The van der Waals surface area contributed by atoms with Crippen LogP contribution >= 0.6 is 11.3 Å². The van der Waals surface area contributed by atoms with E-state index in [0.717, 1.165) is 11.2 Å². The highest BCUT2D eigenvalue weighted by atomic mass is 32.1. The first-order valence-corrected chi connectivity index (χ1v) is 9.87. The maximum atomic E-state index is 5.09. The lowest BCUT2D eigenvalue weighted by molar-refractivity contribution is 1.41. The molecule has 2 heteroatoms. The van der Waals surface area contributed by atoms with Crippen LogP contribution in [0.1, 0.15) is 0 Å². The van der Waals surface area contributed by atoms with Gasteiger partial charge in [-0.3, -0.25) is 0 Å². The Morgan fingerprint density at radius 3 is 1.85 bits per heavy atom. The minimum absolute atomic E-state index is 1.03. The molecule has 0 N–H and O–H groups in total. The molecule has 1 nitrogen and oxygen atoms in total. The molecule has 5 rings (SSSR count). The molecular formula is C25H17NS. The Kier molecular flexibility index (Phi) is 4.04. The average Bonchev–Trinajstić information content (AvgIpc) is 3.28. The summed E-state index contributed by atoms with van der Waals surface area (Å²) in [5.74, 6) is 0. The van der Waals surface area contributed by atoms with Crippen LogP contribution in [0.2, 0.25) is 0 Å². The molecule has 0 radical (unpaired) electrons. The fourth-order valence-electron chi connectivity index (χ4n) is 3.59. The van der Waals surface area contributed by atoms with E-state index in [2.05, 4.69) is 102 Å². The molecule has 3 aromatic carbocycles. The first kappa shape index (κ1) is 16.0. The summed E-state index contributed by atoms with van der Waals surface area (Å²) < 4.78 is 0. The van der Waals surface area contributed by atoms with Gasteiger partial charge in [-0.15, -0.1) is 11.3 Å². The van der Waals surface area contributed by atoms with Crippen LogP contribution in [0.5, 0.6) is 0 Å². The van der Waals surface area contributed by atoms with Crippen molar-refractivity contribution in [3.63, 3.8) is 0 Å². The van der Waals surface area contributed by atoms with Crippen LogP contribution in [-0.4, -0.2) is 4.98 Å². The van der Waals surface area contributed by atoms with Crippen molar-refractivity contribution in [1.29, 1.82) is 0 Å². The molecular weight excluding hydrogens is 346 g/mol. The molecule has 5 aromatic rings. The number of thiophene rings is 1. The molecule has 0 fully saturated rings. The van der Waals surface area contributed by atoms with Gasteiger partial charge in [0.05, 0.1) is 16.1 Å². The van der Waals surface area contributed by atoms with Crippen molar-refractivity contribution >= 4 is 22.2 Å². The van der Waals surface area contributed by atoms with Crippen LogP contribution in [0.3, 0.4) is 0 Å². The molecule has 0 bridgehead atoms. The first-order chi connectivity index (χ1) is 13.4. The van der Waals surface area contributed by atoms with Gasteiger partial charge < -0.3 is 0 Å². The number of hydrogen-bond donors (Lipinski definition) is 0. The van der Waals surface area contributed by atoms with Crippen LogP contribution in [-0.2, 0) is 0 Å². The minimum atomic E-state index is 1.03. The maximum Gasteiger partial charge on any atom is 0.0893 e. The lowest BCUT2D eigenvalue weighted by atomic mass is 9.89. The van der Waals surface area contributed by atoms with E-state index in [1.807, 2.05) is 0 Å². The van der Waals surface area contributed by atoms with Gasteiger partial charge in [0.15, 0.2) is 0 Å². The second kappa shape index (κ2) is 6.82. The summed E-state index contributed by atoms with van der Waals surface area (Å²) >= 11 is 1.73. The summed E-state index contributed by atoms with van der Waals surface area (Å²) in [5.41, 5.74) is 6.93. The van der Waals surface area contributed by atoms with E-state index in [0.29, 0.717) is 0 Å². The quantitative estimate of drug-likeness (QED) is 0.328. The number of nitrogens with zero attached hydrogens (tertiary/aromatic N) is 1. The fourth-order valence-corrected chi connectivity index (χ4v) is 4.31. The van der Waals surface area contributed by atoms with Crippen molar-refractivity contribution in [3.05, 3.63) is 102 Å². The van der Waals surface area contributed by atoms with E-state index in [9.17, 15) is 0 Å². The molecule has 0 aliphatic rings. The van der Waals surface area contributed by atoms with Gasteiger partial charge in [-0.25, -0.2) is 4.98 Å². The molecule has 0 unspecified atom stereocenters. The third kappa shape index (κ3) is 2.84. The predicted molar refractivity (Wildman–Crippen MR) is 116 cm³/mol. The van der Waals surface area contributed by atoms with Crippen molar-refractivity contribution in [2.75, 3.05) is 0 Å². The molecule has 0 spiro atoms. The monoisotopic (exact) mass is 363 g/mol. The summed E-state index contributed by atoms with van der Waals surface area (Å²) in [5, 5.41) is 3.30. The van der Waals surface area contributed by atoms with Crippen molar-refractivity contribution in [2.45, 2.75) is 0 Å². The number of aromatic nitrogens is 1.